The van der Waals surface area contributed by atoms with Crippen molar-refractivity contribution in [3.8, 4) is 11.5 Å². The van der Waals surface area contributed by atoms with Crippen LogP contribution in [0.25, 0.3) is 0 Å². The number of benzene rings is 2. The zero-order valence-electron chi connectivity index (χ0n) is 16.8. The average Bonchev–Trinajstić information content (AvgIpc) is 2.79. The molecule has 0 spiro atoms. The van der Waals surface area contributed by atoms with Gasteiger partial charge in [0.25, 0.3) is 11.8 Å². The zero-order chi connectivity index (χ0) is 25.1. The van der Waals surface area contributed by atoms with E-state index in [1.165, 1.54) is 36.4 Å². The summed E-state index contributed by atoms with van der Waals surface area (Å²) in [5.41, 5.74) is 3.57. The molecule has 0 atom stereocenters. The standard InChI is InChI=1S/C18H14Br2N6O8/c19-11-1-3-15(13(7-11)25(29)30)33-9-17(27)23-21-5-6-22-24-18(28)10-34-16-4-2-12(20)8-14(16)26(31)32/h1-8H,9-10H2,(H,23,27)(H,24,28). The number of nitro groups is 2. The van der Waals surface area contributed by atoms with E-state index in [1.54, 1.807) is 0 Å². The van der Waals surface area contributed by atoms with E-state index >= 15 is 0 Å². The summed E-state index contributed by atoms with van der Waals surface area (Å²) in [5, 5.41) is 29.1. The first-order valence-electron chi connectivity index (χ1n) is 8.93. The number of carbonyl (C=O) groups is 2. The second kappa shape index (κ2) is 12.9. The molecule has 0 bridgehead atoms. The highest BCUT2D eigenvalue weighted by Gasteiger charge is 2.17. The summed E-state index contributed by atoms with van der Waals surface area (Å²) in [5.74, 6) is -1.58. The normalized spacial score (nSPS) is 10.8. The Kier molecular flexibility index (Phi) is 10.0. The number of hydrogen-bond acceptors (Lipinski definition) is 10. The minimum atomic E-state index is -0.699. The number of nitrogens with zero attached hydrogens (tertiary/aromatic N) is 4. The molecular formula is C18H14Br2N6O8. The van der Waals surface area contributed by atoms with E-state index in [9.17, 15) is 29.8 Å². The van der Waals surface area contributed by atoms with Crippen LogP contribution in [0.15, 0.2) is 55.5 Å². The van der Waals surface area contributed by atoms with Crippen LogP contribution < -0.4 is 20.3 Å². The number of nitro benzene ring substituents is 2. The van der Waals surface area contributed by atoms with Crippen LogP contribution in [0.1, 0.15) is 0 Å². The molecule has 0 heterocycles. The number of carbonyl (C=O) groups excluding carboxylic acids is 2. The molecular weight excluding hydrogens is 588 g/mol. The molecule has 2 rings (SSSR count). The molecule has 2 amide bonds. The molecule has 34 heavy (non-hydrogen) atoms. The van der Waals surface area contributed by atoms with Gasteiger partial charge in [-0.05, 0) is 24.3 Å². The number of hydrogen-bond donors (Lipinski definition) is 2. The van der Waals surface area contributed by atoms with Crippen LogP contribution in [-0.4, -0.2) is 47.3 Å². The summed E-state index contributed by atoms with van der Waals surface area (Å²) in [6.45, 7) is -1.07. The van der Waals surface area contributed by atoms with Gasteiger partial charge in [-0.15, -0.1) is 0 Å². The minimum absolute atomic E-state index is 0.0905. The Hall–Kier alpha value is -3.92. The van der Waals surface area contributed by atoms with E-state index in [0.717, 1.165) is 12.4 Å². The Bertz CT molecular complexity index is 1070. The van der Waals surface area contributed by atoms with Crippen LogP contribution in [-0.2, 0) is 9.59 Å². The third kappa shape index (κ3) is 8.55. The fourth-order valence-corrected chi connectivity index (χ4v) is 2.84. The number of ether oxygens (including phenoxy) is 2. The van der Waals surface area contributed by atoms with Gasteiger partial charge in [-0.3, -0.25) is 29.8 Å². The van der Waals surface area contributed by atoms with Crippen LogP contribution in [0, 0.1) is 20.2 Å². The lowest BCUT2D eigenvalue weighted by Crippen LogP contribution is -2.25. The molecule has 0 aliphatic heterocycles. The molecule has 0 saturated heterocycles. The van der Waals surface area contributed by atoms with Gasteiger partial charge >= 0.3 is 11.4 Å². The second-order valence-corrected chi connectivity index (χ2v) is 7.77. The van der Waals surface area contributed by atoms with Crippen molar-refractivity contribution >= 4 is 67.5 Å². The maximum atomic E-state index is 11.7. The van der Waals surface area contributed by atoms with Crippen LogP contribution in [0.2, 0.25) is 0 Å². The van der Waals surface area contributed by atoms with E-state index in [2.05, 4.69) is 52.9 Å². The SMILES string of the molecule is O=C(COc1ccc(Br)cc1[N+](=O)[O-])NN=CC=NNC(=O)COc1ccc(Br)cc1[N+](=O)[O-]. The van der Waals surface area contributed by atoms with Crippen LogP contribution in [0.3, 0.4) is 0 Å². The van der Waals surface area contributed by atoms with Gasteiger partial charge in [0, 0.05) is 21.1 Å². The van der Waals surface area contributed by atoms with Crippen molar-refractivity contribution in [2.24, 2.45) is 10.2 Å². The van der Waals surface area contributed by atoms with Gasteiger partial charge in [-0.2, -0.15) is 10.2 Å². The first-order valence-corrected chi connectivity index (χ1v) is 10.5. The maximum Gasteiger partial charge on any atom is 0.312 e. The van der Waals surface area contributed by atoms with Crippen molar-refractivity contribution in [2.45, 2.75) is 0 Å². The van der Waals surface area contributed by atoms with E-state index in [0.29, 0.717) is 8.95 Å². The first kappa shape index (κ1) is 26.3. The lowest BCUT2D eigenvalue weighted by molar-refractivity contribution is -0.386. The molecule has 0 radical (unpaired) electrons. The topological polar surface area (TPSA) is 188 Å². The van der Waals surface area contributed by atoms with Crippen molar-refractivity contribution < 1.29 is 28.9 Å². The monoisotopic (exact) mass is 600 g/mol. The fourth-order valence-electron chi connectivity index (χ4n) is 2.15. The third-order valence-electron chi connectivity index (χ3n) is 3.55. The highest BCUT2D eigenvalue weighted by molar-refractivity contribution is 9.10. The molecule has 0 saturated carbocycles. The van der Waals surface area contributed by atoms with Gasteiger partial charge in [0.2, 0.25) is 0 Å². The Labute approximate surface area is 207 Å². The molecule has 0 aromatic heterocycles. The smallest absolute Gasteiger partial charge is 0.312 e. The highest BCUT2D eigenvalue weighted by atomic mass is 79.9. The lowest BCUT2D eigenvalue weighted by atomic mass is 10.3. The van der Waals surface area contributed by atoms with Gasteiger partial charge in [0.05, 0.1) is 22.3 Å². The zero-order valence-corrected chi connectivity index (χ0v) is 20.0. The van der Waals surface area contributed by atoms with E-state index < -0.39 is 34.9 Å². The molecule has 2 aromatic rings. The second-order valence-electron chi connectivity index (χ2n) is 5.94. The predicted molar refractivity (Wildman–Crippen MR) is 126 cm³/mol. The highest BCUT2D eigenvalue weighted by Crippen LogP contribution is 2.30. The Morgan fingerprint density at radius 1 is 0.824 bits per heavy atom. The summed E-state index contributed by atoms with van der Waals surface area (Å²) < 4.78 is 11.2. The third-order valence-corrected chi connectivity index (χ3v) is 4.53. The Morgan fingerprint density at radius 3 is 1.56 bits per heavy atom. The first-order chi connectivity index (χ1) is 16.2. The molecule has 0 aliphatic carbocycles. The summed E-state index contributed by atoms with van der Waals surface area (Å²) in [4.78, 5) is 44.1. The number of amides is 2. The van der Waals surface area contributed by atoms with Gasteiger partial charge in [0.1, 0.15) is 0 Å². The van der Waals surface area contributed by atoms with Gasteiger partial charge in [-0.25, -0.2) is 10.9 Å². The van der Waals surface area contributed by atoms with Crippen LogP contribution in [0.5, 0.6) is 11.5 Å². The number of halogens is 2. The average molecular weight is 602 g/mol. The number of nitrogens with one attached hydrogen (secondary N) is 2. The number of hydrazone groups is 2. The van der Waals surface area contributed by atoms with Gasteiger partial charge in [0.15, 0.2) is 24.7 Å². The molecule has 0 fully saturated rings. The Morgan fingerprint density at radius 2 is 1.21 bits per heavy atom. The Balaban J connectivity index is 1.73. The molecule has 0 unspecified atom stereocenters. The molecule has 178 valence electrons. The van der Waals surface area contributed by atoms with Gasteiger partial charge < -0.3 is 9.47 Å². The maximum absolute atomic E-state index is 11.7. The predicted octanol–water partition coefficient (Wildman–Crippen LogP) is 2.69. The van der Waals surface area contributed by atoms with Crippen LogP contribution >= 0.6 is 31.9 Å². The van der Waals surface area contributed by atoms with Crippen molar-refractivity contribution in [1.82, 2.24) is 10.9 Å². The molecule has 16 heteroatoms. The summed E-state index contributed by atoms with van der Waals surface area (Å²) in [6, 6.07) is 8.20. The van der Waals surface area contributed by atoms with Crippen LogP contribution in [0.4, 0.5) is 11.4 Å². The molecule has 2 aromatic carbocycles. The largest absolute Gasteiger partial charge is 0.477 e. The van der Waals surface area contributed by atoms with Crippen molar-refractivity contribution in [3.63, 3.8) is 0 Å². The van der Waals surface area contributed by atoms with Crippen molar-refractivity contribution in [1.29, 1.82) is 0 Å². The van der Waals surface area contributed by atoms with Gasteiger partial charge in [-0.1, -0.05) is 31.9 Å². The lowest BCUT2D eigenvalue weighted by Gasteiger charge is -2.06. The minimum Gasteiger partial charge on any atom is -0.477 e. The van der Waals surface area contributed by atoms with E-state index in [1.807, 2.05) is 0 Å². The summed E-state index contributed by atoms with van der Waals surface area (Å²) >= 11 is 6.22. The molecule has 14 nitrogen and oxygen atoms in total. The van der Waals surface area contributed by atoms with Crippen molar-refractivity contribution in [3.05, 3.63) is 65.6 Å². The quantitative estimate of drug-likeness (QED) is 0.223. The van der Waals surface area contributed by atoms with Crippen molar-refractivity contribution in [2.75, 3.05) is 13.2 Å². The molecule has 2 N–H and O–H groups in total. The summed E-state index contributed by atoms with van der Waals surface area (Å²) in [7, 11) is 0. The van der Waals surface area contributed by atoms with E-state index in [4.69, 9.17) is 9.47 Å². The fraction of sp³-hybridized carbons (Fsp3) is 0.111. The molecule has 0 aliphatic rings. The summed E-state index contributed by atoms with van der Waals surface area (Å²) in [6.07, 6.45) is 2.08. The van der Waals surface area contributed by atoms with E-state index in [-0.39, 0.29) is 22.9 Å². The number of rotatable bonds is 11.